The van der Waals surface area contributed by atoms with Crippen molar-refractivity contribution >= 4 is 28.3 Å². The molecule has 7 nitrogen and oxygen atoms in total. The average molecular weight is 410 g/mol. The molecule has 3 aromatic rings. The number of methoxy groups -OCH3 is 1. The Balaban J connectivity index is 1.61. The van der Waals surface area contributed by atoms with Crippen molar-refractivity contribution in [3.63, 3.8) is 0 Å². The minimum absolute atomic E-state index is 0.0704. The summed E-state index contributed by atoms with van der Waals surface area (Å²) in [4.78, 5) is 35.4. The van der Waals surface area contributed by atoms with Crippen LogP contribution in [0.3, 0.4) is 0 Å². The Morgan fingerprint density at radius 2 is 1.90 bits per heavy atom. The van der Waals surface area contributed by atoms with Gasteiger partial charge in [-0.25, -0.2) is 4.98 Å². The van der Waals surface area contributed by atoms with Crippen LogP contribution in [0.1, 0.15) is 21.7 Å². The highest BCUT2D eigenvalue weighted by molar-refractivity contribution is 7.14. The first-order valence-corrected chi connectivity index (χ1v) is 10.0. The van der Waals surface area contributed by atoms with Crippen LogP contribution in [0.4, 0.5) is 5.13 Å². The predicted octanol–water partition coefficient (Wildman–Crippen LogP) is 3.01. The van der Waals surface area contributed by atoms with Crippen LogP contribution in [0, 0.1) is 0 Å². The summed E-state index contributed by atoms with van der Waals surface area (Å²) < 4.78 is 5.12. The fourth-order valence-electron chi connectivity index (χ4n) is 2.65. The summed E-state index contributed by atoms with van der Waals surface area (Å²) in [6.45, 7) is 1.31. The zero-order chi connectivity index (χ0) is 20.5. The van der Waals surface area contributed by atoms with Crippen LogP contribution in [0.25, 0.3) is 0 Å². The fourth-order valence-corrected chi connectivity index (χ4v) is 3.36. The van der Waals surface area contributed by atoms with Crippen LogP contribution in [-0.2, 0) is 22.5 Å². The van der Waals surface area contributed by atoms with Gasteiger partial charge in [0.2, 0.25) is 5.91 Å². The lowest BCUT2D eigenvalue weighted by atomic mass is 10.2. The molecule has 1 aromatic carbocycles. The minimum atomic E-state index is -0.227. The normalized spacial score (nSPS) is 10.5. The Morgan fingerprint density at radius 1 is 1.10 bits per heavy atom. The lowest BCUT2D eigenvalue weighted by Crippen LogP contribution is -2.34. The molecule has 0 saturated heterocycles. The molecule has 0 fully saturated rings. The molecule has 0 aliphatic rings. The predicted molar refractivity (Wildman–Crippen MR) is 112 cm³/mol. The maximum Gasteiger partial charge on any atom is 0.257 e. The molecule has 3 rings (SSSR count). The number of carbonyl (C=O) groups is 2. The molecule has 8 heteroatoms. The number of carbonyl (C=O) groups excluding carboxylic acids is 2. The molecule has 0 aliphatic heterocycles. The van der Waals surface area contributed by atoms with Gasteiger partial charge in [-0.2, -0.15) is 0 Å². The smallest absolute Gasteiger partial charge is 0.257 e. The van der Waals surface area contributed by atoms with Crippen molar-refractivity contribution in [2.45, 2.75) is 13.0 Å². The molecule has 0 radical (unpaired) electrons. The number of aromatic nitrogens is 2. The highest BCUT2D eigenvalue weighted by Gasteiger charge is 2.17. The van der Waals surface area contributed by atoms with Crippen molar-refractivity contribution < 1.29 is 14.3 Å². The maximum absolute atomic E-state index is 12.8. The van der Waals surface area contributed by atoms with Crippen molar-refractivity contribution in [2.75, 3.05) is 25.6 Å². The molecule has 2 aromatic heterocycles. The van der Waals surface area contributed by atoms with E-state index in [1.54, 1.807) is 47.9 Å². The van der Waals surface area contributed by atoms with Gasteiger partial charge in [-0.05, 0) is 24.3 Å². The molecule has 2 heterocycles. The van der Waals surface area contributed by atoms with E-state index in [1.165, 1.54) is 11.3 Å². The highest BCUT2D eigenvalue weighted by Crippen LogP contribution is 2.18. The van der Waals surface area contributed by atoms with Crippen molar-refractivity contribution in [3.05, 3.63) is 77.1 Å². The second-order valence-corrected chi connectivity index (χ2v) is 7.13. The fraction of sp³-hybridized carbons (Fsp3) is 0.238. The third-order valence-corrected chi connectivity index (χ3v) is 4.94. The van der Waals surface area contributed by atoms with Crippen LogP contribution >= 0.6 is 11.3 Å². The van der Waals surface area contributed by atoms with E-state index in [0.717, 1.165) is 5.69 Å². The molecular weight excluding hydrogens is 388 g/mol. The molecule has 29 heavy (non-hydrogen) atoms. The van der Waals surface area contributed by atoms with Crippen LogP contribution in [-0.4, -0.2) is 46.9 Å². The van der Waals surface area contributed by atoms with Gasteiger partial charge in [0.15, 0.2) is 5.13 Å². The average Bonchev–Trinajstić information content (AvgIpc) is 3.19. The third kappa shape index (κ3) is 6.20. The molecule has 150 valence electrons. The molecule has 0 saturated carbocycles. The van der Waals surface area contributed by atoms with Gasteiger partial charge in [0.05, 0.1) is 31.0 Å². The van der Waals surface area contributed by atoms with E-state index in [9.17, 15) is 9.59 Å². The highest BCUT2D eigenvalue weighted by atomic mass is 32.1. The Labute approximate surface area is 173 Å². The summed E-state index contributed by atoms with van der Waals surface area (Å²) in [5.74, 6) is -0.298. The van der Waals surface area contributed by atoms with E-state index in [-0.39, 0.29) is 18.2 Å². The van der Waals surface area contributed by atoms with Gasteiger partial charge in [0.1, 0.15) is 0 Å². The van der Waals surface area contributed by atoms with Gasteiger partial charge in [-0.15, -0.1) is 11.3 Å². The van der Waals surface area contributed by atoms with Crippen LogP contribution < -0.4 is 5.32 Å². The summed E-state index contributed by atoms with van der Waals surface area (Å²) >= 11 is 1.30. The van der Waals surface area contributed by atoms with E-state index >= 15 is 0 Å². The van der Waals surface area contributed by atoms with Crippen LogP contribution in [0.15, 0.2) is 60.1 Å². The number of rotatable bonds is 9. The first kappa shape index (κ1) is 20.6. The Bertz CT molecular complexity index is 931. The Kier molecular flexibility index (Phi) is 7.43. The lowest BCUT2D eigenvalue weighted by molar-refractivity contribution is -0.131. The van der Waals surface area contributed by atoms with Gasteiger partial charge in [0, 0.05) is 30.8 Å². The van der Waals surface area contributed by atoms with Crippen molar-refractivity contribution in [2.24, 2.45) is 0 Å². The van der Waals surface area contributed by atoms with Crippen LogP contribution in [0.2, 0.25) is 0 Å². The summed E-state index contributed by atoms with van der Waals surface area (Å²) in [6.07, 6.45) is 1.85. The van der Waals surface area contributed by atoms with Gasteiger partial charge in [-0.3, -0.25) is 19.9 Å². The Morgan fingerprint density at radius 3 is 2.62 bits per heavy atom. The summed E-state index contributed by atoms with van der Waals surface area (Å²) in [5.41, 5.74) is 1.99. The summed E-state index contributed by atoms with van der Waals surface area (Å²) in [6, 6.07) is 14.5. The van der Waals surface area contributed by atoms with Crippen LogP contribution in [0.5, 0.6) is 0 Å². The number of ether oxygens (including phenoxy) is 1. The zero-order valence-electron chi connectivity index (χ0n) is 16.1. The number of nitrogens with zero attached hydrogens (tertiary/aromatic N) is 3. The number of nitrogens with one attached hydrogen (secondary N) is 1. The first-order chi connectivity index (χ1) is 14.2. The molecule has 1 N–H and O–H groups in total. The number of anilines is 1. The molecule has 0 atom stereocenters. The second kappa shape index (κ2) is 10.4. The number of hydrogen-bond donors (Lipinski definition) is 1. The van der Waals surface area contributed by atoms with E-state index in [4.69, 9.17) is 4.74 Å². The summed E-state index contributed by atoms with van der Waals surface area (Å²) in [5, 5.41) is 5.02. The van der Waals surface area contributed by atoms with Crippen molar-refractivity contribution in [3.8, 4) is 0 Å². The van der Waals surface area contributed by atoms with Gasteiger partial charge in [-0.1, -0.05) is 24.3 Å². The molecule has 0 spiro atoms. The largest absolute Gasteiger partial charge is 0.383 e. The number of hydrogen-bond acceptors (Lipinski definition) is 6. The molecule has 2 amide bonds. The zero-order valence-corrected chi connectivity index (χ0v) is 16.9. The number of amides is 2. The SMILES string of the molecule is COCCN(Cc1ccccn1)C(=O)Cc1csc(NC(=O)c2ccccc2)n1. The Hall–Kier alpha value is -3.10. The number of benzene rings is 1. The quantitative estimate of drug-likeness (QED) is 0.586. The van der Waals surface area contributed by atoms with Crippen molar-refractivity contribution in [1.29, 1.82) is 0 Å². The topological polar surface area (TPSA) is 84.4 Å². The van der Waals surface area contributed by atoms with E-state index in [0.29, 0.717) is 36.1 Å². The van der Waals surface area contributed by atoms with Gasteiger partial charge < -0.3 is 9.64 Å². The van der Waals surface area contributed by atoms with Crippen molar-refractivity contribution in [1.82, 2.24) is 14.9 Å². The number of pyridine rings is 1. The standard InChI is InChI=1S/C21H22N4O3S/c1-28-12-11-25(14-17-9-5-6-10-22-17)19(26)13-18-15-29-21(23-18)24-20(27)16-7-3-2-4-8-16/h2-10,15H,11-14H2,1H3,(H,23,24,27). The maximum atomic E-state index is 12.8. The minimum Gasteiger partial charge on any atom is -0.383 e. The molecule has 0 aliphatic carbocycles. The third-order valence-electron chi connectivity index (χ3n) is 4.14. The second-order valence-electron chi connectivity index (χ2n) is 6.27. The summed E-state index contributed by atoms with van der Waals surface area (Å²) in [7, 11) is 1.60. The first-order valence-electron chi connectivity index (χ1n) is 9.13. The molecule has 0 bridgehead atoms. The molecule has 0 unspecified atom stereocenters. The van der Waals surface area contributed by atoms with E-state index in [2.05, 4.69) is 15.3 Å². The lowest BCUT2D eigenvalue weighted by Gasteiger charge is -2.21. The monoisotopic (exact) mass is 410 g/mol. The number of thiazole rings is 1. The van der Waals surface area contributed by atoms with E-state index < -0.39 is 0 Å². The molecular formula is C21H22N4O3S. The van der Waals surface area contributed by atoms with Gasteiger partial charge in [0.25, 0.3) is 5.91 Å². The van der Waals surface area contributed by atoms with E-state index in [1.807, 2.05) is 24.3 Å². The van der Waals surface area contributed by atoms with Gasteiger partial charge >= 0.3 is 0 Å².